The van der Waals surface area contributed by atoms with Crippen LogP contribution >= 0.6 is 11.8 Å². The highest BCUT2D eigenvalue weighted by Crippen LogP contribution is 2.53. The van der Waals surface area contributed by atoms with Crippen LogP contribution in [0.4, 0.5) is 11.4 Å². The zero-order valence-corrected chi connectivity index (χ0v) is 71.2. The normalized spacial score (nSPS) is 14.0. The minimum Gasteiger partial charge on any atom is -0.457 e. The molecule has 552 valence electrons. The number of hydrogen-bond acceptors (Lipinski definition) is 3. The summed E-state index contributed by atoms with van der Waals surface area (Å²) in [6, 6.07) is 86.5. The number of para-hydroxylation sites is 4. The van der Waals surface area contributed by atoms with Gasteiger partial charge in [0.1, 0.15) is 11.5 Å². The first-order chi connectivity index (χ1) is 49.2. The fraction of sp³-hybridized carbons (Fsp3) is 0.394. The maximum absolute atomic E-state index is 5.91. The summed E-state index contributed by atoms with van der Waals surface area (Å²) in [6.07, 6.45) is 0. The van der Waals surface area contributed by atoms with E-state index in [1.54, 1.807) is 0 Å². The average Bonchev–Trinajstić information content (AvgIpc) is 1.14. The maximum Gasteiger partial charge on any atom is 0.131 e. The van der Waals surface area contributed by atoms with Gasteiger partial charge < -0.3 is 9.64 Å². The smallest absolute Gasteiger partial charge is 0.131 e. The summed E-state index contributed by atoms with van der Waals surface area (Å²) < 4.78 is 5.91. The second kappa shape index (κ2) is 44.6. The number of hydrogen-bond donors (Lipinski definition) is 0. The van der Waals surface area contributed by atoms with Crippen molar-refractivity contribution in [3.05, 3.63) is 309 Å². The number of anilines is 2. The molecular formula is C99H139NOS. The SMILES string of the molecule is CC.CC.CC.CC.CC.CC.CC.CC.CC.CC.CC1(C)c2ccccc2-c2ccccc21.CC1(C)c2ccccc2C(C)(C)c2ccccc21.CC1(C)c2ccccc2Oc2ccccc21.CC1(C)c2ccccc2Sc2ccccc21.CN1c2ccccc2C(C)(C)c2ccccc21. The van der Waals surface area contributed by atoms with Crippen LogP contribution in [0.25, 0.3) is 11.1 Å². The Bertz CT molecular complexity index is 3580. The lowest BCUT2D eigenvalue weighted by molar-refractivity contribution is 0.418. The average molecular weight is 1390 g/mol. The summed E-state index contributed by atoms with van der Waals surface area (Å²) in [5.74, 6) is 1.96. The molecule has 10 aromatic rings. The lowest BCUT2D eigenvalue weighted by atomic mass is 9.60. The minimum absolute atomic E-state index is 0.0193. The largest absolute Gasteiger partial charge is 0.457 e. The molecule has 0 saturated carbocycles. The molecule has 0 N–H and O–H groups in total. The van der Waals surface area contributed by atoms with Gasteiger partial charge in [-0.2, -0.15) is 0 Å². The summed E-state index contributed by atoms with van der Waals surface area (Å²) in [5, 5.41) is 0. The van der Waals surface area contributed by atoms with Gasteiger partial charge in [-0.1, -0.05) is 440 Å². The fourth-order valence-electron chi connectivity index (χ4n) is 13.8. The zero-order valence-electron chi connectivity index (χ0n) is 70.4. The monoisotopic (exact) mass is 1390 g/mol. The molecule has 0 radical (unpaired) electrons. The molecule has 0 unspecified atom stereocenters. The van der Waals surface area contributed by atoms with Gasteiger partial charge in [-0.3, -0.25) is 0 Å². The standard InChI is InChI=1S/C18H20.C16H17N.C15H14O.C15H14S.C15H14.10C2H6/c1-17(2)13-9-5-7-11-15(13)18(3,4)16-12-8-6-10-14(16)17;1-16(2)12-8-4-6-10-14(12)17(3)15-11-7-5-9-13(15)16;2*1-15(2)11-7-3-5-9-13(11)16-14-10-6-4-8-12(14)15;1-15(2)13-9-5-3-7-11(13)12-8-4-6-10-14(12)15;10*1-2/h5-12H,1-4H3;4-11H,1-3H3;2*3-10H,1-2H3;3-10H,1-2H3;10*1-2H3. The van der Waals surface area contributed by atoms with E-state index in [9.17, 15) is 0 Å². The van der Waals surface area contributed by atoms with Crippen molar-refractivity contribution in [1.82, 2.24) is 0 Å². The van der Waals surface area contributed by atoms with Crippen molar-refractivity contribution >= 4 is 23.1 Å². The van der Waals surface area contributed by atoms with Gasteiger partial charge in [-0.15, -0.1) is 0 Å². The Morgan fingerprint density at radius 3 is 0.696 bits per heavy atom. The molecule has 0 saturated heterocycles. The molecule has 0 amide bonds. The van der Waals surface area contributed by atoms with E-state index in [0.717, 1.165) is 11.5 Å². The Labute approximate surface area is 631 Å². The fourth-order valence-corrected chi connectivity index (χ4v) is 15.2. The predicted octanol–water partition coefficient (Wildman–Crippen LogP) is 31.6. The highest BCUT2D eigenvalue weighted by atomic mass is 32.2. The van der Waals surface area contributed by atoms with Crippen molar-refractivity contribution in [2.45, 2.75) is 264 Å². The second-order valence-electron chi connectivity index (χ2n) is 25.7. The molecule has 0 bridgehead atoms. The van der Waals surface area contributed by atoms with Gasteiger partial charge >= 0.3 is 0 Å². The quantitative estimate of drug-likeness (QED) is 0.150. The molecule has 2 aliphatic carbocycles. The van der Waals surface area contributed by atoms with E-state index < -0.39 is 0 Å². The van der Waals surface area contributed by atoms with Crippen molar-refractivity contribution < 1.29 is 4.74 Å². The summed E-state index contributed by atoms with van der Waals surface area (Å²) in [7, 11) is 2.15. The zero-order chi connectivity index (χ0) is 77.8. The third-order valence-electron chi connectivity index (χ3n) is 18.6. The van der Waals surface area contributed by atoms with Crippen LogP contribution in [0.3, 0.4) is 0 Å². The lowest BCUT2D eigenvalue weighted by Crippen LogP contribution is -2.36. The van der Waals surface area contributed by atoms with Gasteiger partial charge in [0.2, 0.25) is 0 Å². The summed E-state index contributed by atoms with van der Waals surface area (Å²) in [4.78, 5) is 5.08. The molecular weight excluding hydrogens is 1250 g/mol. The van der Waals surface area contributed by atoms with Crippen molar-refractivity contribution in [1.29, 1.82) is 0 Å². The van der Waals surface area contributed by atoms with E-state index in [4.69, 9.17) is 4.74 Å². The van der Waals surface area contributed by atoms with Gasteiger partial charge in [0.05, 0.1) is 0 Å². The van der Waals surface area contributed by atoms with E-state index in [2.05, 4.69) is 313 Å². The van der Waals surface area contributed by atoms with Gasteiger partial charge in [-0.05, 0) is 103 Å². The summed E-state index contributed by atoms with van der Waals surface area (Å²) in [5.41, 5.74) is 23.0. The number of ether oxygens (including phenoxy) is 1. The molecule has 3 heteroatoms. The van der Waals surface area contributed by atoms with Crippen LogP contribution < -0.4 is 9.64 Å². The molecule has 3 heterocycles. The first kappa shape index (κ1) is 92.2. The van der Waals surface area contributed by atoms with Gasteiger partial charge in [0, 0.05) is 71.8 Å². The van der Waals surface area contributed by atoms with E-state index in [1.807, 2.05) is 175 Å². The highest BCUT2D eigenvalue weighted by molar-refractivity contribution is 7.99. The van der Waals surface area contributed by atoms with E-state index >= 15 is 0 Å². The Balaban J connectivity index is 0.000000600. The van der Waals surface area contributed by atoms with Crippen molar-refractivity contribution in [3.63, 3.8) is 0 Å². The van der Waals surface area contributed by atoms with Gasteiger partial charge in [0.25, 0.3) is 0 Å². The molecule has 2 nitrogen and oxygen atoms in total. The summed E-state index contributed by atoms with van der Waals surface area (Å²) >= 11 is 1.88. The molecule has 0 atom stereocenters. The van der Waals surface area contributed by atoms with Gasteiger partial charge in [-0.25, -0.2) is 0 Å². The Kier molecular flexibility index (Phi) is 40.3. The topological polar surface area (TPSA) is 12.5 Å². The van der Waals surface area contributed by atoms with Crippen molar-refractivity contribution in [2.75, 3.05) is 11.9 Å². The number of benzene rings is 10. The van der Waals surface area contributed by atoms with Gasteiger partial charge in [0.15, 0.2) is 0 Å². The molecule has 15 rings (SSSR count). The maximum atomic E-state index is 5.91. The van der Waals surface area contributed by atoms with Crippen LogP contribution in [0.5, 0.6) is 11.5 Å². The summed E-state index contributed by atoms with van der Waals surface area (Å²) in [6.45, 7) is 67.7. The molecule has 5 aliphatic rings. The molecule has 3 aliphatic heterocycles. The third-order valence-corrected chi connectivity index (χ3v) is 19.7. The molecule has 0 fully saturated rings. The molecule has 0 spiro atoms. The van der Waals surface area contributed by atoms with Crippen molar-refractivity contribution in [3.8, 4) is 22.6 Å². The van der Waals surface area contributed by atoms with Crippen LogP contribution in [0.2, 0.25) is 0 Å². The lowest BCUT2D eigenvalue weighted by Gasteiger charge is -2.43. The van der Waals surface area contributed by atoms with Crippen molar-refractivity contribution in [2.24, 2.45) is 0 Å². The highest BCUT2D eigenvalue weighted by Gasteiger charge is 2.42. The molecule has 10 aromatic carbocycles. The van der Waals surface area contributed by atoms with E-state index in [1.165, 1.54) is 99.1 Å². The Hall–Kier alpha value is -7.85. The number of nitrogens with zero attached hydrogens (tertiary/aromatic N) is 1. The minimum atomic E-state index is 0.0193. The first-order valence-corrected chi connectivity index (χ1v) is 40.1. The Morgan fingerprint density at radius 2 is 0.392 bits per heavy atom. The van der Waals surface area contributed by atoms with E-state index in [-0.39, 0.29) is 32.5 Å². The Morgan fingerprint density at radius 1 is 0.206 bits per heavy atom. The number of fused-ring (bicyclic) bond motifs is 11. The molecule has 0 aromatic heterocycles. The van der Waals surface area contributed by atoms with Crippen LogP contribution in [0.15, 0.2) is 252 Å². The van der Waals surface area contributed by atoms with Crippen LogP contribution in [-0.2, 0) is 32.5 Å². The number of rotatable bonds is 0. The predicted molar refractivity (Wildman–Crippen MR) is 462 cm³/mol. The van der Waals surface area contributed by atoms with Crippen LogP contribution in [-0.4, -0.2) is 7.05 Å². The second-order valence-corrected chi connectivity index (χ2v) is 26.8. The first-order valence-electron chi connectivity index (χ1n) is 39.2. The van der Waals surface area contributed by atoms with E-state index in [0.29, 0.717) is 0 Å². The third kappa shape index (κ3) is 20.3. The van der Waals surface area contributed by atoms with Crippen LogP contribution in [0.1, 0.15) is 288 Å². The van der Waals surface area contributed by atoms with Crippen LogP contribution in [0, 0.1) is 0 Å². The molecule has 102 heavy (non-hydrogen) atoms.